The molecule has 90 valence electrons. The lowest BCUT2D eigenvalue weighted by Gasteiger charge is -2.46. The Morgan fingerprint density at radius 3 is 2.53 bits per heavy atom. The first-order chi connectivity index (χ1) is 8.22. The predicted molar refractivity (Wildman–Crippen MR) is 70.1 cm³/mol. The maximum Gasteiger partial charge on any atom is 0.119 e. The van der Waals surface area contributed by atoms with Gasteiger partial charge in [-0.15, -0.1) is 0 Å². The monoisotopic (exact) mass is 228 g/mol. The van der Waals surface area contributed by atoms with Crippen molar-refractivity contribution in [3.8, 4) is 5.75 Å². The Morgan fingerprint density at radius 2 is 1.88 bits per heavy atom. The quantitative estimate of drug-likeness (QED) is 0.711. The van der Waals surface area contributed by atoms with Crippen LogP contribution in [-0.2, 0) is 0 Å². The second-order valence-corrected chi connectivity index (χ2v) is 5.67. The standard InChI is InChI=1S/C16H20O/c1-11-3-5-16(6-4-11)17-10-15-9-13-7-14(8-13)12(15)2/h3-6,13-15H,2,7-10H2,1H3. The van der Waals surface area contributed by atoms with Crippen LogP contribution in [0.5, 0.6) is 5.75 Å². The molecule has 3 fully saturated rings. The molecule has 4 rings (SSSR count). The molecule has 3 saturated carbocycles. The molecule has 0 aliphatic heterocycles. The molecular weight excluding hydrogens is 208 g/mol. The Kier molecular flexibility index (Phi) is 2.70. The van der Waals surface area contributed by atoms with Crippen molar-refractivity contribution in [1.29, 1.82) is 0 Å². The molecule has 0 N–H and O–H groups in total. The molecule has 0 spiro atoms. The highest BCUT2D eigenvalue weighted by atomic mass is 16.5. The predicted octanol–water partition coefficient (Wildman–Crippen LogP) is 3.98. The summed E-state index contributed by atoms with van der Waals surface area (Å²) in [5, 5.41) is 0. The first-order valence-corrected chi connectivity index (χ1v) is 6.60. The van der Waals surface area contributed by atoms with E-state index < -0.39 is 0 Å². The fourth-order valence-corrected chi connectivity index (χ4v) is 3.12. The summed E-state index contributed by atoms with van der Waals surface area (Å²) in [4.78, 5) is 0. The normalized spacial score (nSPS) is 30.9. The largest absolute Gasteiger partial charge is 0.493 e. The van der Waals surface area contributed by atoms with Crippen molar-refractivity contribution in [1.82, 2.24) is 0 Å². The van der Waals surface area contributed by atoms with Crippen molar-refractivity contribution in [2.24, 2.45) is 17.8 Å². The van der Waals surface area contributed by atoms with Crippen molar-refractivity contribution in [3.63, 3.8) is 0 Å². The van der Waals surface area contributed by atoms with E-state index in [4.69, 9.17) is 4.74 Å². The molecular formula is C16H20O. The van der Waals surface area contributed by atoms with Gasteiger partial charge in [-0.3, -0.25) is 0 Å². The summed E-state index contributed by atoms with van der Waals surface area (Å²) in [5.74, 6) is 3.34. The number of benzene rings is 1. The Bertz CT molecular complexity index is 412. The maximum absolute atomic E-state index is 5.88. The molecule has 1 aromatic rings. The molecule has 0 amide bonds. The van der Waals surface area contributed by atoms with Crippen LogP contribution in [0.1, 0.15) is 24.8 Å². The van der Waals surface area contributed by atoms with Crippen LogP contribution >= 0.6 is 0 Å². The van der Waals surface area contributed by atoms with Crippen molar-refractivity contribution < 1.29 is 4.74 Å². The molecule has 1 atom stereocenters. The minimum Gasteiger partial charge on any atom is -0.493 e. The van der Waals surface area contributed by atoms with Gasteiger partial charge >= 0.3 is 0 Å². The zero-order valence-corrected chi connectivity index (χ0v) is 10.5. The SMILES string of the molecule is C=C1C(COc2ccc(C)cc2)CC2CC1C2. The van der Waals surface area contributed by atoms with E-state index in [1.54, 1.807) is 0 Å². The van der Waals surface area contributed by atoms with Crippen LogP contribution in [0.3, 0.4) is 0 Å². The summed E-state index contributed by atoms with van der Waals surface area (Å²) >= 11 is 0. The lowest BCUT2D eigenvalue weighted by Crippen LogP contribution is -2.38. The van der Waals surface area contributed by atoms with Crippen LogP contribution in [0, 0.1) is 24.7 Å². The van der Waals surface area contributed by atoms with Crippen LogP contribution in [0.4, 0.5) is 0 Å². The average Bonchev–Trinajstić information content (AvgIpc) is 2.28. The molecule has 3 aliphatic rings. The van der Waals surface area contributed by atoms with Gasteiger partial charge in [-0.1, -0.05) is 29.8 Å². The summed E-state index contributed by atoms with van der Waals surface area (Å²) in [5.41, 5.74) is 2.72. The van der Waals surface area contributed by atoms with Gasteiger partial charge in [0.1, 0.15) is 5.75 Å². The maximum atomic E-state index is 5.88. The van der Waals surface area contributed by atoms with Crippen molar-refractivity contribution in [2.75, 3.05) is 6.61 Å². The second-order valence-electron chi connectivity index (χ2n) is 5.67. The van der Waals surface area contributed by atoms with Gasteiger partial charge in [0.05, 0.1) is 6.61 Å². The van der Waals surface area contributed by atoms with Crippen LogP contribution in [0.25, 0.3) is 0 Å². The third-order valence-corrected chi connectivity index (χ3v) is 4.37. The van der Waals surface area contributed by atoms with E-state index in [0.717, 1.165) is 24.2 Å². The number of rotatable bonds is 3. The third kappa shape index (κ3) is 2.11. The molecule has 1 unspecified atom stereocenters. The fourth-order valence-electron chi connectivity index (χ4n) is 3.12. The number of fused-ring (bicyclic) bond motifs is 2. The highest BCUT2D eigenvalue weighted by Crippen LogP contribution is 2.50. The molecule has 1 nitrogen and oxygen atoms in total. The Labute approximate surface area is 103 Å². The van der Waals surface area contributed by atoms with Crippen molar-refractivity contribution in [3.05, 3.63) is 42.0 Å². The lowest BCUT2D eigenvalue weighted by molar-refractivity contribution is 0.103. The van der Waals surface area contributed by atoms with E-state index in [-0.39, 0.29) is 0 Å². The fraction of sp³-hybridized carbons (Fsp3) is 0.500. The molecule has 2 bridgehead atoms. The number of aryl methyl sites for hydroxylation is 1. The van der Waals surface area contributed by atoms with Gasteiger partial charge in [0, 0.05) is 5.92 Å². The van der Waals surface area contributed by atoms with E-state index in [2.05, 4.69) is 37.8 Å². The Balaban J connectivity index is 1.57. The van der Waals surface area contributed by atoms with E-state index >= 15 is 0 Å². The molecule has 17 heavy (non-hydrogen) atoms. The molecule has 0 heterocycles. The summed E-state index contributed by atoms with van der Waals surface area (Å²) in [6.45, 7) is 7.17. The zero-order valence-electron chi connectivity index (χ0n) is 10.5. The summed E-state index contributed by atoms with van der Waals surface area (Å²) in [6.07, 6.45) is 4.07. The van der Waals surface area contributed by atoms with Gasteiger partial charge in [0.25, 0.3) is 0 Å². The van der Waals surface area contributed by atoms with E-state index in [9.17, 15) is 0 Å². The van der Waals surface area contributed by atoms with E-state index in [1.165, 1.54) is 30.4 Å². The van der Waals surface area contributed by atoms with Crippen LogP contribution in [0.15, 0.2) is 36.4 Å². The van der Waals surface area contributed by atoms with E-state index in [1.807, 2.05) is 0 Å². The zero-order chi connectivity index (χ0) is 11.8. The minimum atomic E-state index is 0.591. The van der Waals surface area contributed by atoms with Gasteiger partial charge in [-0.25, -0.2) is 0 Å². The van der Waals surface area contributed by atoms with Gasteiger partial charge in [0.2, 0.25) is 0 Å². The first kappa shape index (κ1) is 10.9. The van der Waals surface area contributed by atoms with Gasteiger partial charge in [0.15, 0.2) is 0 Å². The molecule has 0 radical (unpaired) electrons. The molecule has 1 aromatic carbocycles. The van der Waals surface area contributed by atoms with Gasteiger partial charge in [-0.2, -0.15) is 0 Å². The average molecular weight is 228 g/mol. The van der Waals surface area contributed by atoms with Crippen LogP contribution in [-0.4, -0.2) is 6.61 Å². The van der Waals surface area contributed by atoms with E-state index in [0.29, 0.717) is 5.92 Å². The highest BCUT2D eigenvalue weighted by Gasteiger charge is 2.40. The smallest absolute Gasteiger partial charge is 0.119 e. The lowest BCUT2D eigenvalue weighted by atomic mass is 9.59. The first-order valence-electron chi connectivity index (χ1n) is 6.60. The van der Waals surface area contributed by atoms with Crippen LogP contribution in [0.2, 0.25) is 0 Å². The summed E-state index contributed by atoms with van der Waals surface area (Å²) in [6, 6.07) is 8.31. The molecule has 1 heteroatoms. The van der Waals surface area contributed by atoms with Gasteiger partial charge in [-0.05, 0) is 50.2 Å². The topological polar surface area (TPSA) is 9.23 Å². The number of hydrogen-bond acceptors (Lipinski definition) is 1. The molecule has 0 saturated heterocycles. The summed E-state index contributed by atoms with van der Waals surface area (Å²) < 4.78 is 5.88. The second kappa shape index (κ2) is 4.21. The highest BCUT2D eigenvalue weighted by molar-refractivity contribution is 5.26. The van der Waals surface area contributed by atoms with Crippen LogP contribution < -0.4 is 4.74 Å². The van der Waals surface area contributed by atoms with Crippen molar-refractivity contribution in [2.45, 2.75) is 26.2 Å². The molecule has 3 aliphatic carbocycles. The van der Waals surface area contributed by atoms with Crippen molar-refractivity contribution >= 4 is 0 Å². The minimum absolute atomic E-state index is 0.591. The van der Waals surface area contributed by atoms with Gasteiger partial charge < -0.3 is 4.74 Å². The Hall–Kier alpha value is -1.24. The number of ether oxygens (including phenoxy) is 1. The molecule has 0 aromatic heterocycles. The summed E-state index contributed by atoms with van der Waals surface area (Å²) in [7, 11) is 0. The third-order valence-electron chi connectivity index (χ3n) is 4.37. The number of hydrogen-bond donors (Lipinski definition) is 0. The Morgan fingerprint density at radius 1 is 1.18 bits per heavy atom.